The molecule has 0 saturated carbocycles. The second kappa shape index (κ2) is 6.76. The number of hydrogen-bond acceptors (Lipinski definition) is 3. The van der Waals surface area contributed by atoms with Gasteiger partial charge in [0.2, 0.25) is 0 Å². The molecule has 0 aliphatic carbocycles. The van der Waals surface area contributed by atoms with Crippen molar-refractivity contribution >= 4 is 0 Å². The molecule has 0 spiro atoms. The van der Waals surface area contributed by atoms with Crippen LogP contribution in [0.3, 0.4) is 0 Å². The molecule has 1 aromatic carbocycles. The van der Waals surface area contributed by atoms with Crippen LogP contribution in [-0.2, 0) is 4.74 Å². The van der Waals surface area contributed by atoms with Gasteiger partial charge in [-0.25, -0.2) is 0 Å². The monoisotopic (exact) mass is 250 g/mol. The van der Waals surface area contributed by atoms with E-state index in [2.05, 4.69) is 6.92 Å². The van der Waals surface area contributed by atoms with Gasteiger partial charge < -0.3 is 14.6 Å². The molecule has 3 heteroatoms. The second-order valence-electron chi connectivity index (χ2n) is 4.91. The maximum absolute atomic E-state index is 9.86. The van der Waals surface area contributed by atoms with Crippen molar-refractivity contribution in [2.45, 2.75) is 32.3 Å². The van der Waals surface area contributed by atoms with Crippen molar-refractivity contribution in [1.82, 2.24) is 0 Å². The van der Waals surface area contributed by atoms with Gasteiger partial charge in [-0.2, -0.15) is 0 Å². The largest absolute Gasteiger partial charge is 0.493 e. The second-order valence-corrected chi connectivity index (χ2v) is 4.91. The van der Waals surface area contributed by atoms with Gasteiger partial charge in [0.25, 0.3) is 0 Å². The first-order chi connectivity index (χ1) is 8.79. The van der Waals surface area contributed by atoms with E-state index in [0.717, 1.165) is 50.4 Å². The van der Waals surface area contributed by atoms with Gasteiger partial charge in [-0.05, 0) is 30.5 Å². The first-order valence-corrected chi connectivity index (χ1v) is 6.78. The predicted octanol–water partition coefficient (Wildman–Crippen LogP) is 2.94. The molecule has 2 unspecified atom stereocenters. The molecule has 2 atom stereocenters. The Balaban J connectivity index is 1.83. The number of benzene rings is 1. The molecular formula is C15H22O3. The molecule has 18 heavy (non-hydrogen) atoms. The molecule has 1 saturated heterocycles. The fraction of sp³-hybridized carbons (Fsp3) is 0.600. The van der Waals surface area contributed by atoms with Crippen LogP contribution >= 0.6 is 0 Å². The summed E-state index contributed by atoms with van der Waals surface area (Å²) in [6, 6.07) is 7.76. The van der Waals surface area contributed by atoms with Crippen LogP contribution < -0.4 is 4.74 Å². The van der Waals surface area contributed by atoms with Crippen LogP contribution in [-0.4, -0.2) is 24.9 Å². The molecular weight excluding hydrogens is 228 g/mol. The van der Waals surface area contributed by atoms with Gasteiger partial charge in [-0.15, -0.1) is 0 Å². The van der Waals surface area contributed by atoms with Crippen LogP contribution in [0.1, 0.15) is 37.9 Å². The Hall–Kier alpha value is -1.06. The normalized spacial score (nSPS) is 20.9. The van der Waals surface area contributed by atoms with Gasteiger partial charge >= 0.3 is 0 Å². The van der Waals surface area contributed by atoms with Gasteiger partial charge in [0.1, 0.15) is 5.75 Å². The summed E-state index contributed by atoms with van der Waals surface area (Å²) >= 11 is 0. The van der Waals surface area contributed by atoms with Gasteiger partial charge in [-0.3, -0.25) is 0 Å². The van der Waals surface area contributed by atoms with Crippen molar-refractivity contribution in [3.63, 3.8) is 0 Å². The van der Waals surface area contributed by atoms with E-state index in [-0.39, 0.29) is 6.10 Å². The van der Waals surface area contributed by atoms with Crippen molar-refractivity contribution in [2.75, 3.05) is 19.8 Å². The SMILES string of the molecule is CCCC(O)c1ccc(OCC2CCOC2)cc1. The molecule has 0 aromatic heterocycles. The third-order valence-corrected chi connectivity index (χ3v) is 3.34. The number of hydrogen-bond donors (Lipinski definition) is 1. The highest BCUT2D eigenvalue weighted by atomic mass is 16.5. The third kappa shape index (κ3) is 3.72. The topological polar surface area (TPSA) is 38.7 Å². The summed E-state index contributed by atoms with van der Waals surface area (Å²) < 4.78 is 11.0. The molecule has 1 aliphatic rings. The number of aliphatic hydroxyl groups excluding tert-OH is 1. The minimum atomic E-state index is -0.354. The summed E-state index contributed by atoms with van der Waals surface area (Å²) in [6.07, 6.45) is 2.53. The zero-order chi connectivity index (χ0) is 12.8. The highest BCUT2D eigenvalue weighted by Gasteiger charge is 2.16. The molecule has 2 rings (SSSR count). The van der Waals surface area contributed by atoms with E-state index in [1.807, 2.05) is 24.3 Å². The zero-order valence-corrected chi connectivity index (χ0v) is 11.0. The fourth-order valence-corrected chi connectivity index (χ4v) is 2.16. The predicted molar refractivity (Wildman–Crippen MR) is 70.7 cm³/mol. The maximum Gasteiger partial charge on any atom is 0.119 e. The molecule has 1 fully saturated rings. The van der Waals surface area contributed by atoms with E-state index in [1.165, 1.54) is 0 Å². The number of rotatable bonds is 6. The Labute approximate surface area is 109 Å². The summed E-state index contributed by atoms with van der Waals surface area (Å²) in [5.74, 6) is 1.39. The highest BCUT2D eigenvalue weighted by molar-refractivity contribution is 5.28. The van der Waals surface area contributed by atoms with E-state index >= 15 is 0 Å². The molecule has 0 amide bonds. The fourth-order valence-electron chi connectivity index (χ4n) is 2.16. The average Bonchev–Trinajstić information content (AvgIpc) is 2.90. The number of ether oxygens (including phenoxy) is 2. The van der Waals surface area contributed by atoms with Crippen LogP contribution in [0.5, 0.6) is 5.75 Å². The summed E-state index contributed by atoms with van der Waals surface area (Å²) in [7, 11) is 0. The summed E-state index contributed by atoms with van der Waals surface area (Å²) in [4.78, 5) is 0. The minimum Gasteiger partial charge on any atom is -0.493 e. The summed E-state index contributed by atoms with van der Waals surface area (Å²) in [5, 5.41) is 9.86. The van der Waals surface area contributed by atoms with Crippen molar-refractivity contribution in [3.05, 3.63) is 29.8 Å². The minimum absolute atomic E-state index is 0.354. The quantitative estimate of drug-likeness (QED) is 0.843. The van der Waals surface area contributed by atoms with Gasteiger partial charge in [0, 0.05) is 12.5 Å². The Morgan fingerprint density at radius 1 is 1.39 bits per heavy atom. The molecule has 1 heterocycles. The Kier molecular flexibility index (Phi) is 5.02. The molecule has 1 N–H and O–H groups in total. The van der Waals surface area contributed by atoms with E-state index < -0.39 is 0 Å². The lowest BCUT2D eigenvalue weighted by molar-refractivity contribution is 0.165. The lowest BCUT2D eigenvalue weighted by Crippen LogP contribution is -2.11. The van der Waals surface area contributed by atoms with Gasteiger partial charge in [0.15, 0.2) is 0 Å². The van der Waals surface area contributed by atoms with Crippen molar-refractivity contribution in [2.24, 2.45) is 5.92 Å². The standard InChI is InChI=1S/C15H22O3/c1-2-3-15(16)13-4-6-14(7-5-13)18-11-12-8-9-17-10-12/h4-7,12,15-16H,2-3,8-11H2,1H3. The third-order valence-electron chi connectivity index (χ3n) is 3.34. The first-order valence-electron chi connectivity index (χ1n) is 6.78. The molecule has 1 aliphatic heterocycles. The molecule has 3 nitrogen and oxygen atoms in total. The smallest absolute Gasteiger partial charge is 0.119 e. The van der Waals surface area contributed by atoms with E-state index in [4.69, 9.17) is 9.47 Å². The van der Waals surface area contributed by atoms with Crippen LogP contribution in [0.2, 0.25) is 0 Å². The van der Waals surface area contributed by atoms with Crippen molar-refractivity contribution < 1.29 is 14.6 Å². The maximum atomic E-state index is 9.86. The van der Waals surface area contributed by atoms with E-state index in [0.29, 0.717) is 5.92 Å². The Morgan fingerprint density at radius 3 is 2.78 bits per heavy atom. The Bertz CT molecular complexity index is 341. The van der Waals surface area contributed by atoms with E-state index in [9.17, 15) is 5.11 Å². The van der Waals surface area contributed by atoms with Crippen LogP contribution in [0.15, 0.2) is 24.3 Å². The zero-order valence-electron chi connectivity index (χ0n) is 11.0. The molecule has 1 aromatic rings. The lowest BCUT2D eigenvalue weighted by Gasteiger charge is -2.12. The van der Waals surface area contributed by atoms with Gasteiger partial charge in [0.05, 0.1) is 19.3 Å². The summed E-state index contributed by atoms with van der Waals surface area (Å²) in [6.45, 7) is 4.46. The van der Waals surface area contributed by atoms with Crippen LogP contribution in [0.25, 0.3) is 0 Å². The lowest BCUT2D eigenvalue weighted by atomic mass is 10.1. The van der Waals surface area contributed by atoms with Gasteiger partial charge in [-0.1, -0.05) is 25.5 Å². The molecule has 0 bridgehead atoms. The Morgan fingerprint density at radius 2 is 2.17 bits per heavy atom. The molecule has 100 valence electrons. The molecule has 0 radical (unpaired) electrons. The van der Waals surface area contributed by atoms with Crippen LogP contribution in [0, 0.1) is 5.92 Å². The van der Waals surface area contributed by atoms with Crippen LogP contribution in [0.4, 0.5) is 0 Å². The van der Waals surface area contributed by atoms with E-state index in [1.54, 1.807) is 0 Å². The number of aliphatic hydroxyl groups is 1. The first kappa shape index (κ1) is 13.4. The highest BCUT2D eigenvalue weighted by Crippen LogP contribution is 2.22. The average molecular weight is 250 g/mol. The summed E-state index contributed by atoms with van der Waals surface area (Å²) in [5.41, 5.74) is 0.966. The van der Waals surface area contributed by atoms with Crippen molar-refractivity contribution in [1.29, 1.82) is 0 Å². The van der Waals surface area contributed by atoms with Crippen molar-refractivity contribution in [3.8, 4) is 5.75 Å².